The normalized spacial score (nSPS) is 25.2. The second kappa shape index (κ2) is 5.13. The molecule has 0 aromatic rings. The number of amides is 1. The number of hydrogen-bond donors (Lipinski definition) is 3. The van der Waals surface area contributed by atoms with E-state index in [1.54, 1.807) is 6.92 Å². The SMILES string of the molecule is CC1(C(=O)NC(CC(=O)O)C(=O)O)CCCO1. The van der Waals surface area contributed by atoms with E-state index in [0.29, 0.717) is 13.0 Å². The molecule has 17 heavy (non-hydrogen) atoms. The maximum absolute atomic E-state index is 11.8. The minimum absolute atomic E-state index is 0.445. The Morgan fingerprint density at radius 3 is 2.47 bits per heavy atom. The molecule has 3 N–H and O–H groups in total. The van der Waals surface area contributed by atoms with Crippen molar-refractivity contribution in [2.75, 3.05) is 6.61 Å². The lowest BCUT2D eigenvalue weighted by molar-refractivity contribution is -0.150. The van der Waals surface area contributed by atoms with E-state index >= 15 is 0 Å². The van der Waals surface area contributed by atoms with Gasteiger partial charge < -0.3 is 20.3 Å². The van der Waals surface area contributed by atoms with Gasteiger partial charge in [-0.2, -0.15) is 0 Å². The first-order chi connectivity index (χ1) is 7.85. The van der Waals surface area contributed by atoms with Gasteiger partial charge in [0.2, 0.25) is 0 Å². The number of hydrogen-bond acceptors (Lipinski definition) is 4. The lowest BCUT2D eigenvalue weighted by atomic mass is 10.0. The Hall–Kier alpha value is -1.63. The lowest BCUT2D eigenvalue weighted by Crippen LogP contribution is -2.51. The van der Waals surface area contributed by atoms with Crippen LogP contribution in [0.15, 0.2) is 0 Å². The van der Waals surface area contributed by atoms with Crippen molar-refractivity contribution >= 4 is 17.8 Å². The van der Waals surface area contributed by atoms with E-state index in [9.17, 15) is 14.4 Å². The third kappa shape index (κ3) is 3.42. The van der Waals surface area contributed by atoms with E-state index < -0.39 is 35.9 Å². The van der Waals surface area contributed by atoms with Gasteiger partial charge in [-0.05, 0) is 19.8 Å². The van der Waals surface area contributed by atoms with Crippen molar-refractivity contribution in [3.63, 3.8) is 0 Å². The van der Waals surface area contributed by atoms with Crippen LogP contribution in [0.4, 0.5) is 0 Å². The minimum Gasteiger partial charge on any atom is -0.481 e. The smallest absolute Gasteiger partial charge is 0.326 e. The molecule has 1 heterocycles. The molecular formula is C10H15NO6. The molecule has 0 saturated carbocycles. The fourth-order valence-electron chi connectivity index (χ4n) is 1.64. The molecule has 1 saturated heterocycles. The quantitative estimate of drug-likeness (QED) is 0.607. The van der Waals surface area contributed by atoms with Crippen LogP contribution in [-0.2, 0) is 19.1 Å². The van der Waals surface area contributed by atoms with Gasteiger partial charge in [0.25, 0.3) is 5.91 Å². The Morgan fingerprint density at radius 1 is 1.41 bits per heavy atom. The standard InChI is InChI=1S/C10H15NO6/c1-10(3-2-4-17-10)9(16)11-6(8(14)15)5-7(12)13/h6H,2-5H2,1H3,(H,11,16)(H,12,13)(H,14,15). The zero-order valence-electron chi connectivity index (χ0n) is 9.43. The summed E-state index contributed by atoms with van der Waals surface area (Å²) < 4.78 is 5.24. The van der Waals surface area contributed by atoms with Gasteiger partial charge in [0, 0.05) is 6.61 Å². The van der Waals surface area contributed by atoms with E-state index in [4.69, 9.17) is 14.9 Å². The Balaban J connectivity index is 2.63. The Labute approximate surface area is 97.8 Å². The van der Waals surface area contributed by atoms with Gasteiger partial charge in [-0.25, -0.2) is 4.79 Å². The van der Waals surface area contributed by atoms with Gasteiger partial charge in [0.05, 0.1) is 6.42 Å². The third-order valence-electron chi connectivity index (χ3n) is 2.68. The monoisotopic (exact) mass is 245 g/mol. The van der Waals surface area contributed by atoms with Crippen molar-refractivity contribution in [1.29, 1.82) is 0 Å². The Bertz CT molecular complexity index is 334. The molecule has 2 atom stereocenters. The molecule has 1 fully saturated rings. The minimum atomic E-state index is -1.43. The average Bonchev–Trinajstić information content (AvgIpc) is 2.64. The predicted octanol–water partition coefficient (Wildman–Crippen LogP) is -0.400. The van der Waals surface area contributed by atoms with Crippen molar-refractivity contribution in [3.05, 3.63) is 0 Å². The summed E-state index contributed by atoms with van der Waals surface area (Å²) in [5.74, 6) is -3.24. The maximum atomic E-state index is 11.8. The molecule has 7 heteroatoms. The molecule has 1 aliphatic heterocycles. The molecule has 0 bridgehead atoms. The van der Waals surface area contributed by atoms with E-state index in [2.05, 4.69) is 5.32 Å². The van der Waals surface area contributed by atoms with Crippen LogP contribution in [0.3, 0.4) is 0 Å². The van der Waals surface area contributed by atoms with Crippen LogP contribution in [0.5, 0.6) is 0 Å². The number of carboxylic acid groups (broad SMARTS) is 2. The maximum Gasteiger partial charge on any atom is 0.326 e. The number of rotatable bonds is 5. The van der Waals surface area contributed by atoms with E-state index in [1.807, 2.05) is 0 Å². The summed E-state index contributed by atoms with van der Waals surface area (Å²) in [6.45, 7) is 2.01. The fourth-order valence-corrected chi connectivity index (χ4v) is 1.64. The van der Waals surface area contributed by atoms with Crippen LogP contribution >= 0.6 is 0 Å². The Kier molecular flexibility index (Phi) is 4.06. The van der Waals surface area contributed by atoms with Crippen LogP contribution in [0.1, 0.15) is 26.2 Å². The first kappa shape index (κ1) is 13.4. The molecule has 96 valence electrons. The number of carboxylic acids is 2. The summed E-state index contributed by atoms with van der Waals surface area (Å²) in [6.07, 6.45) is 0.565. The first-order valence-corrected chi connectivity index (χ1v) is 5.25. The highest BCUT2D eigenvalue weighted by atomic mass is 16.5. The van der Waals surface area contributed by atoms with Crippen LogP contribution in [0, 0.1) is 0 Å². The van der Waals surface area contributed by atoms with Crippen LogP contribution in [-0.4, -0.2) is 46.3 Å². The first-order valence-electron chi connectivity index (χ1n) is 5.25. The summed E-state index contributed by atoms with van der Waals surface area (Å²) in [5, 5.41) is 19.5. The van der Waals surface area contributed by atoms with Crippen LogP contribution in [0.2, 0.25) is 0 Å². The molecule has 0 aromatic carbocycles. The van der Waals surface area contributed by atoms with Gasteiger partial charge >= 0.3 is 11.9 Å². The molecule has 0 radical (unpaired) electrons. The lowest BCUT2D eigenvalue weighted by Gasteiger charge is -2.24. The number of carbonyl (C=O) groups is 3. The predicted molar refractivity (Wildman–Crippen MR) is 55.4 cm³/mol. The second-order valence-corrected chi connectivity index (χ2v) is 4.15. The third-order valence-corrected chi connectivity index (χ3v) is 2.68. The van der Waals surface area contributed by atoms with Gasteiger partial charge in [0.15, 0.2) is 0 Å². The average molecular weight is 245 g/mol. The summed E-state index contributed by atoms with van der Waals surface area (Å²) in [5.41, 5.74) is -1.05. The number of ether oxygens (including phenoxy) is 1. The molecule has 0 aromatic heterocycles. The van der Waals surface area contributed by atoms with Crippen molar-refractivity contribution in [3.8, 4) is 0 Å². The van der Waals surface area contributed by atoms with Gasteiger partial charge in [-0.15, -0.1) is 0 Å². The summed E-state index contributed by atoms with van der Waals surface area (Å²) >= 11 is 0. The largest absolute Gasteiger partial charge is 0.481 e. The highest BCUT2D eigenvalue weighted by Gasteiger charge is 2.39. The topological polar surface area (TPSA) is 113 Å². The van der Waals surface area contributed by atoms with Crippen molar-refractivity contribution in [2.24, 2.45) is 0 Å². The van der Waals surface area contributed by atoms with Gasteiger partial charge in [0.1, 0.15) is 11.6 Å². The highest BCUT2D eigenvalue weighted by Crippen LogP contribution is 2.25. The molecule has 7 nitrogen and oxygen atoms in total. The number of aliphatic carboxylic acids is 2. The van der Waals surface area contributed by atoms with Crippen molar-refractivity contribution < 1.29 is 29.3 Å². The fraction of sp³-hybridized carbons (Fsp3) is 0.700. The molecule has 1 aliphatic rings. The molecular weight excluding hydrogens is 230 g/mol. The number of carbonyl (C=O) groups excluding carboxylic acids is 1. The van der Waals surface area contributed by atoms with Crippen molar-refractivity contribution in [2.45, 2.75) is 37.8 Å². The molecule has 1 rings (SSSR count). The molecule has 0 spiro atoms. The van der Waals surface area contributed by atoms with Crippen LogP contribution < -0.4 is 5.32 Å². The van der Waals surface area contributed by atoms with E-state index in [0.717, 1.165) is 6.42 Å². The highest BCUT2D eigenvalue weighted by molar-refractivity contribution is 5.90. The number of nitrogens with one attached hydrogen (secondary N) is 1. The molecule has 1 amide bonds. The molecule has 2 unspecified atom stereocenters. The Morgan fingerprint density at radius 2 is 2.06 bits per heavy atom. The van der Waals surface area contributed by atoms with Crippen molar-refractivity contribution in [1.82, 2.24) is 5.32 Å². The van der Waals surface area contributed by atoms with E-state index in [1.165, 1.54) is 0 Å². The van der Waals surface area contributed by atoms with Crippen LogP contribution in [0.25, 0.3) is 0 Å². The summed E-state index contributed by atoms with van der Waals surface area (Å²) in [6, 6.07) is -1.43. The summed E-state index contributed by atoms with van der Waals surface area (Å²) in [7, 11) is 0. The molecule has 0 aliphatic carbocycles. The van der Waals surface area contributed by atoms with E-state index in [-0.39, 0.29) is 0 Å². The zero-order chi connectivity index (χ0) is 13.1. The second-order valence-electron chi connectivity index (χ2n) is 4.15. The summed E-state index contributed by atoms with van der Waals surface area (Å²) in [4.78, 5) is 33.0. The van der Waals surface area contributed by atoms with Gasteiger partial charge in [-0.1, -0.05) is 0 Å². The zero-order valence-corrected chi connectivity index (χ0v) is 9.43. The van der Waals surface area contributed by atoms with Gasteiger partial charge in [-0.3, -0.25) is 9.59 Å².